The Morgan fingerprint density at radius 3 is 2.80 bits per heavy atom. The van der Waals surface area contributed by atoms with E-state index in [9.17, 15) is 4.79 Å². The monoisotopic (exact) mass is 344 g/mol. The molecular formula is C21H32N2O2. The van der Waals surface area contributed by atoms with Gasteiger partial charge in [-0.2, -0.15) is 0 Å². The summed E-state index contributed by atoms with van der Waals surface area (Å²) in [5, 5.41) is 3.46. The minimum absolute atomic E-state index is 0.0953. The van der Waals surface area contributed by atoms with Gasteiger partial charge in [-0.25, -0.2) is 0 Å². The fourth-order valence-corrected chi connectivity index (χ4v) is 3.95. The van der Waals surface area contributed by atoms with Gasteiger partial charge in [-0.3, -0.25) is 9.69 Å². The molecule has 0 bridgehead atoms. The van der Waals surface area contributed by atoms with E-state index in [0.717, 1.165) is 26.1 Å². The number of nitrogens with zero attached hydrogens (tertiary/aromatic N) is 1. The number of carbonyl (C=O) groups excluding carboxylic acids is 1. The lowest BCUT2D eigenvalue weighted by molar-refractivity contribution is -0.162. The lowest BCUT2D eigenvalue weighted by Gasteiger charge is -2.37. The van der Waals surface area contributed by atoms with Crippen molar-refractivity contribution in [3.8, 4) is 0 Å². The van der Waals surface area contributed by atoms with Crippen LogP contribution in [0.4, 0.5) is 0 Å². The first-order chi connectivity index (χ1) is 11.8. The number of benzene rings is 1. The highest BCUT2D eigenvalue weighted by Gasteiger charge is 2.33. The molecule has 0 aromatic heterocycles. The van der Waals surface area contributed by atoms with Crippen LogP contribution in [0.1, 0.15) is 50.8 Å². The normalized spacial score (nSPS) is 22.5. The van der Waals surface area contributed by atoms with Gasteiger partial charge in [0.1, 0.15) is 11.6 Å². The van der Waals surface area contributed by atoms with Gasteiger partial charge in [0.15, 0.2) is 0 Å². The van der Waals surface area contributed by atoms with Crippen LogP contribution in [0.3, 0.4) is 0 Å². The van der Waals surface area contributed by atoms with E-state index in [1.54, 1.807) is 0 Å². The number of hydrogen-bond donors (Lipinski definition) is 1. The SMILES string of the molecule is C[C@H]1CN([C@@H](Cc2ccc3c(c2)CCC3)C(=O)OC(C)(C)C)CCN1. The van der Waals surface area contributed by atoms with Gasteiger partial charge >= 0.3 is 5.97 Å². The van der Waals surface area contributed by atoms with Gasteiger partial charge in [-0.1, -0.05) is 18.2 Å². The molecule has 1 aliphatic heterocycles. The van der Waals surface area contributed by atoms with Crippen molar-refractivity contribution in [2.24, 2.45) is 0 Å². The highest BCUT2D eigenvalue weighted by atomic mass is 16.6. The summed E-state index contributed by atoms with van der Waals surface area (Å²) in [4.78, 5) is 15.2. The molecule has 1 aliphatic carbocycles. The van der Waals surface area contributed by atoms with Crippen molar-refractivity contribution in [2.75, 3.05) is 19.6 Å². The van der Waals surface area contributed by atoms with Crippen LogP contribution >= 0.6 is 0 Å². The summed E-state index contributed by atoms with van der Waals surface area (Å²) < 4.78 is 5.75. The molecule has 4 heteroatoms. The van der Waals surface area contributed by atoms with E-state index in [4.69, 9.17) is 4.74 Å². The minimum atomic E-state index is -0.451. The standard InChI is InChI=1S/C21H32N2O2/c1-15-14-23(11-10-22-15)19(20(24)25-21(2,3)4)13-16-8-9-17-6-5-7-18(17)12-16/h8-9,12,15,19,22H,5-7,10-11,13-14H2,1-4H3/t15-,19-/m0/s1. The summed E-state index contributed by atoms with van der Waals surface area (Å²) in [6.45, 7) is 10.7. The summed E-state index contributed by atoms with van der Waals surface area (Å²) in [5.41, 5.74) is 3.75. The molecule has 0 amide bonds. The van der Waals surface area contributed by atoms with Crippen LogP contribution < -0.4 is 5.32 Å². The van der Waals surface area contributed by atoms with E-state index in [1.807, 2.05) is 20.8 Å². The van der Waals surface area contributed by atoms with E-state index in [-0.39, 0.29) is 12.0 Å². The van der Waals surface area contributed by atoms with Crippen LogP contribution in [-0.4, -0.2) is 48.2 Å². The van der Waals surface area contributed by atoms with Gasteiger partial charge < -0.3 is 10.1 Å². The van der Waals surface area contributed by atoms with Crippen LogP contribution in [0.5, 0.6) is 0 Å². The molecule has 2 atom stereocenters. The van der Waals surface area contributed by atoms with Crippen molar-refractivity contribution in [3.63, 3.8) is 0 Å². The smallest absolute Gasteiger partial charge is 0.324 e. The third kappa shape index (κ3) is 4.83. The zero-order valence-corrected chi connectivity index (χ0v) is 16.1. The second-order valence-electron chi connectivity index (χ2n) is 8.56. The maximum atomic E-state index is 12.9. The Morgan fingerprint density at radius 2 is 2.08 bits per heavy atom. The van der Waals surface area contributed by atoms with E-state index >= 15 is 0 Å². The first kappa shape index (κ1) is 18.4. The summed E-state index contributed by atoms with van der Waals surface area (Å²) in [6.07, 6.45) is 4.35. The number of fused-ring (bicyclic) bond motifs is 1. The molecular weight excluding hydrogens is 312 g/mol. The minimum Gasteiger partial charge on any atom is -0.459 e. The molecule has 2 aliphatic rings. The Balaban J connectivity index is 1.79. The van der Waals surface area contributed by atoms with Crippen molar-refractivity contribution in [2.45, 2.75) is 71.1 Å². The highest BCUT2D eigenvalue weighted by Crippen LogP contribution is 2.24. The number of aryl methyl sites for hydroxylation is 2. The summed E-state index contributed by atoms with van der Waals surface area (Å²) in [7, 11) is 0. The number of esters is 1. The topological polar surface area (TPSA) is 41.6 Å². The molecule has 25 heavy (non-hydrogen) atoms. The Hall–Kier alpha value is -1.39. The van der Waals surface area contributed by atoms with Crippen molar-refractivity contribution < 1.29 is 9.53 Å². The van der Waals surface area contributed by atoms with Crippen LogP contribution in [-0.2, 0) is 28.8 Å². The van der Waals surface area contributed by atoms with Gasteiger partial charge in [-0.05, 0) is 70.1 Å². The lowest BCUT2D eigenvalue weighted by Crippen LogP contribution is -2.56. The Kier molecular flexibility index (Phi) is 5.49. The second kappa shape index (κ2) is 7.46. The third-order valence-corrected chi connectivity index (χ3v) is 5.11. The number of nitrogens with one attached hydrogen (secondary N) is 1. The Bertz CT molecular complexity index is 621. The maximum Gasteiger partial charge on any atom is 0.324 e. The zero-order chi connectivity index (χ0) is 18.0. The van der Waals surface area contributed by atoms with Gasteiger partial charge in [0.25, 0.3) is 0 Å². The molecule has 0 saturated carbocycles. The second-order valence-corrected chi connectivity index (χ2v) is 8.56. The van der Waals surface area contributed by atoms with Gasteiger partial charge in [0.2, 0.25) is 0 Å². The van der Waals surface area contributed by atoms with Crippen molar-refractivity contribution >= 4 is 5.97 Å². The van der Waals surface area contributed by atoms with E-state index in [2.05, 4.69) is 35.3 Å². The van der Waals surface area contributed by atoms with Gasteiger partial charge in [0.05, 0.1) is 0 Å². The first-order valence-corrected chi connectivity index (χ1v) is 9.63. The van der Waals surface area contributed by atoms with Crippen molar-refractivity contribution in [3.05, 3.63) is 34.9 Å². The third-order valence-electron chi connectivity index (χ3n) is 5.11. The molecule has 0 radical (unpaired) electrons. The molecule has 138 valence electrons. The molecule has 0 spiro atoms. The van der Waals surface area contributed by atoms with Crippen molar-refractivity contribution in [1.82, 2.24) is 10.2 Å². The first-order valence-electron chi connectivity index (χ1n) is 9.63. The zero-order valence-electron chi connectivity index (χ0n) is 16.1. The summed E-state index contributed by atoms with van der Waals surface area (Å²) >= 11 is 0. The number of rotatable bonds is 4. The fourth-order valence-electron chi connectivity index (χ4n) is 3.95. The van der Waals surface area contributed by atoms with Crippen LogP contribution in [0, 0.1) is 0 Å². The largest absolute Gasteiger partial charge is 0.459 e. The van der Waals surface area contributed by atoms with E-state index in [1.165, 1.54) is 36.0 Å². The average Bonchev–Trinajstić information content (AvgIpc) is 2.98. The van der Waals surface area contributed by atoms with Crippen LogP contribution in [0.25, 0.3) is 0 Å². The van der Waals surface area contributed by atoms with Crippen molar-refractivity contribution in [1.29, 1.82) is 0 Å². The number of carbonyl (C=O) groups is 1. The summed E-state index contributed by atoms with van der Waals surface area (Å²) in [5.74, 6) is -0.0953. The number of ether oxygens (including phenoxy) is 1. The Labute approximate surface area is 151 Å². The van der Waals surface area contributed by atoms with Crippen LogP contribution in [0.15, 0.2) is 18.2 Å². The van der Waals surface area contributed by atoms with Gasteiger partial charge in [-0.15, -0.1) is 0 Å². The quantitative estimate of drug-likeness (QED) is 0.853. The summed E-state index contributed by atoms with van der Waals surface area (Å²) in [6, 6.07) is 6.96. The predicted octanol–water partition coefficient (Wildman–Crippen LogP) is 2.72. The average molecular weight is 344 g/mol. The molecule has 1 N–H and O–H groups in total. The molecule has 1 heterocycles. The molecule has 3 rings (SSSR count). The van der Waals surface area contributed by atoms with Gasteiger partial charge in [0, 0.05) is 25.7 Å². The number of piperazine rings is 1. The highest BCUT2D eigenvalue weighted by molar-refractivity contribution is 5.76. The number of hydrogen-bond acceptors (Lipinski definition) is 4. The van der Waals surface area contributed by atoms with E-state index < -0.39 is 5.60 Å². The lowest BCUT2D eigenvalue weighted by atomic mass is 9.99. The molecule has 1 saturated heterocycles. The van der Waals surface area contributed by atoms with E-state index in [0.29, 0.717) is 6.04 Å². The van der Waals surface area contributed by atoms with Crippen LogP contribution in [0.2, 0.25) is 0 Å². The molecule has 1 aromatic carbocycles. The molecule has 1 aromatic rings. The molecule has 4 nitrogen and oxygen atoms in total. The fraction of sp³-hybridized carbons (Fsp3) is 0.667. The Morgan fingerprint density at radius 1 is 1.32 bits per heavy atom. The predicted molar refractivity (Wildman–Crippen MR) is 101 cm³/mol. The molecule has 0 unspecified atom stereocenters. The maximum absolute atomic E-state index is 12.9. The molecule has 1 fully saturated rings.